The summed E-state index contributed by atoms with van der Waals surface area (Å²) in [5, 5.41) is 0. The molecular weight excluding hydrogens is 287 g/mol. The van der Waals surface area contributed by atoms with Gasteiger partial charge < -0.3 is 9.72 Å². The number of rotatable bonds is 2. The summed E-state index contributed by atoms with van der Waals surface area (Å²) in [5.41, 5.74) is -1.53. The monoisotopic (exact) mass is 291 g/mol. The highest BCUT2D eigenvalue weighted by molar-refractivity contribution is 8.13. The fraction of sp³-hybridized carbons (Fsp3) is 0.286. The van der Waals surface area contributed by atoms with Gasteiger partial charge in [0.2, 0.25) is 11.3 Å². The van der Waals surface area contributed by atoms with E-state index in [1.807, 2.05) is 4.98 Å². The van der Waals surface area contributed by atoms with Gasteiger partial charge in [0, 0.05) is 22.4 Å². The summed E-state index contributed by atoms with van der Waals surface area (Å²) in [7, 11) is 0.611. The van der Waals surface area contributed by atoms with Crippen molar-refractivity contribution in [2.24, 2.45) is 0 Å². The zero-order chi connectivity index (χ0) is 13.4. The number of hydrogen-bond donors (Lipinski definition) is 1. The normalized spacial score (nSPS) is 12.5. The molecule has 1 rings (SSSR count). The largest absolute Gasteiger partial charge is 0.574 e. The average Bonchev–Trinajstić information content (AvgIpc) is 1.94. The molecule has 1 N–H and O–H groups in total. The fourth-order valence-electron chi connectivity index (χ4n) is 1.13. The number of pyridine rings is 1. The van der Waals surface area contributed by atoms with E-state index in [-0.39, 0.29) is 5.69 Å². The van der Waals surface area contributed by atoms with Crippen LogP contribution in [0.3, 0.4) is 0 Å². The Hall–Kier alpha value is -1.22. The number of aromatic nitrogens is 1. The van der Waals surface area contributed by atoms with Crippen LogP contribution in [0, 0.1) is 6.92 Å². The molecule has 0 radical (unpaired) electrons. The van der Waals surface area contributed by atoms with Gasteiger partial charge in [-0.1, -0.05) is 0 Å². The Balaban J connectivity index is 3.35. The van der Waals surface area contributed by atoms with E-state index in [9.17, 15) is 26.4 Å². The molecule has 0 aliphatic rings. The van der Waals surface area contributed by atoms with Crippen LogP contribution in [0.15, 0.2) is 15.8 Å². The third-order valence-corrected chi connectivity index (χ3v) is 3.06. The Morgan fingerprint density at radius 3 is 2.29 bits per heavy atom. The molecule has 0 spiro atoms. The van der Waals surface area contributed by atoms with Gasteiger partial charge in [-0.2, -0.15) is 0 Å². The number of halogens is 4. The lowest BCUT2D eigenvalue weighted by Crippen LogP contribution is -2.21. The number of aromatic amines is 1. The topological polar surface area (TPSA) is 76.2 Å². The van der Waals surface area contributed by atoms with Crippen LogP contribution in [0.4, 0.5) is 13.2 Å². The third-order valence-electron chi connectivity index (χ3n) is 1.61. The lowest BCUT2D eigenvalue weighted by Gasteiger charge is -2.10. The minimum Gasteiger partial charge on any atom is -0.390 e. The predicted octanol–water partition coefficient (Wildman–Crippen LogP) is 1.51. The van der Waals surface area contributed by atoms with Gasteiger partial charge in [-0.3, -0.25) is 4.79 Å². The van der Waals surface area contributed by atoms with Crippen molar-refractivity contribution in [1.82, 2.24) is 4.98 Å². The van der Waals surface area contributed by atoms with E-state index >= 15 is 0 Å². The molecule has 17 heavy (non-hydrogen) atoms. The van der Waals surface area contributed by atoms with Crippen LogP contribution < -0.4 is 10.2 Å². The van der Waals surface area contributed by atoms with E-state index in [1.165, 1.54) is 0 Å². The molecule has 1 aromatic rings. The van der Waals surface area contributed by atoms with Crippen LogP contribution in [0.1, 0.15) is 5.69 Å². The first-order valence-corrected chi connectivity index (χ1v) is 6.26. The smallest absolute Gasteiger partial charge is 0.390 e. The first-order chi connectivity index (χ1) is 7.50. The number of hydrogen-bond acceptors (Lipinski definition) is 4. The standard InChI is InChI=1S/C7H5ClF3NO4S/c1-3-6(17(8,14)15)4(13)2-5(12-3)16-7(9,10)11/h2H,1H3,(H,12,13). The summed E-state index contributed by atoms with van der Waals surface area (Å²) in [6, 6.07) is 0.357. The molecule has 0 unspecified atom stereocenters. The van der Waals surface area contributed by atoms with Crippen LogP contribution in [-0.4, -0.2) is 19.8 Å². The minimum absolute atomic E-state index is 0.341. The van der Waals surface area contributed by atoms with E-state index in [1.54, 1.807) is 0 Å². The zero-order valence-electron chi connectivity index (χ0n) is 8.13. The maximum Gasteiger partial charge on any atom is 0.574 e. The van der Waals surface area contributed by atoms with Gasteiger partial charge in [0.15, 0.2) is 0 Å². The van der Waals surface area contributed by atoms with Gasteiger partial charge in [0.25, 0.3) is 9.05 Å². The summed E-state index contributed by atoms with van der Waals surface area (Å²) < 4.78 is 60.9. The molecule has 0 aliphatic heterocycles. The van der Waals surface area contributed by atoms with Crippen LogP contribution in [0.25, 0.3) is 0 Å². The maximum absolute atomic E-state index is 11.9. The molecular formula is C7H5ClF3NO4S. The molecule has 1 aromatic heterocycles. The van der Waals surface area contributed by atoms with Crippen LogP contribution >= 0.6 is 10.7 Å². The van der Waals surface area contributed by atoms with Crippen LogP contribution in [0.5, 0.6) is 5.88 Å². The van der Waals surface area contributed by atoms with Crippen molar-refractivity contribution in [3.63, 3.8) is 0 Å². The molecule has 0 saturated heterocycles. The van der Waals surface area contributed by atoms with Crippen molar-refractivity contribution in [1.29, 1.82) is 0 Å². The van der Waals surface area contributed by atoms with Gasteiger partial charge >= 0.3 is 6.36 Å². The summed E-state index contributed by atoms with van der Waals surface area (Å²) in [6.45, 7) is 1.08. The van der Waals surface area contributed by atoms with Crippen LogP contribution in [0.2, 0.25) is 0 Å². The molecule has 0 amide bonds. The van der Waals surface area contributed by atoms with Gasteiger partial charge in [-0.25, -0.2) is 8.42 Å². The third kappa shape index (κ3) is 3.63. The Morgan fingerprint density at radius 2 is 1.94 bits per heavy atom. The van der Waals surface area contributed by atoms with E-state index in [0.29, 0.717) is 6.07 Å². The Kier molecular flexibility index (Phi) is 3.44. The molecule has 0 fully saturated rings. The molecule has 0 aromatic carbocycles. The predicted molar refractivity (Wildman–Crippen MR) is 51.5 cm³/mol. The molecule has 96 valence electrons. The lowest BCUT2D eigenvalue weighted by molar-refractivity contribution is -0.276. The number of aryl methyl sites for hydroxylation is 1. The number of nitrogens with one attached hydrogen (secondary N) is 1. The van der Waals surface area contributed by atoms with Gasteiger partial charge in [0.05, 0.1) is 0 Å². The lowest BCUT2D eigenvalue weighted by atomic mass is 10.3. The Bertz CT molecular complexity index is 592. The second-order valence-electron chi connectivity index (χ2n) is 2.94. The number of H-pyrrole nitrogens is 1. The molecule has 10 heteroatoms. The molecule has 5 nitrogen and oxygen atoms in total. The Morgan fingerprint density at radius 1 is 1.41 bits per heavy atom. The minimum atomic E-state index is -4.99. The van der Waals surface area contributed by atoms with Crippen molar-refractivity contribution in [3.8, 4) is 5.88 Å². The second-order valence-corrected chi connectivity index (χ2v) is 5.44. The van der Waals surface area contributed by atoms with Crippen molar-refractivity contribution in [2.45, 2.75) is 18.2 Å². The van der Waals surface area contributed by atoms with E-state index < -0.39 is 31.6 Å². The quantitative estimate of drug-likeness (QED) is 0.838. The zero-order valence-corrected chi connectivity index (χ0v) is 9.70. The highest BCUT2D eigenvalue weighted by Gasteiger charge is 2.32. The van der Waals surface area contributed by atoms with E-state index in [0.717, 1.165) is 6.92 Å². The van der Waals surface area contributed by atoms with Crippen molar-refractivity contribution >= 4 is 19.7 Å². The molecule has 0 saturated carbocycles. The first-order valence-electron chi connectivity index (χ1n) is 3.95. The van der Waals surface area contributed by atoms with Gasteiger partial charge in [-0.05, 0) is 6.92 Å². The van der Waals surface area contributed by atoms with E-state index in [2.05, 4.69) is 4.74 Å². The fourth-order valence-corrected chi connectivity index (χ4v) is 2.42. The SMILES string of the molecule is Cc1[nH]c(OC(F)(F)F)cc(=O)c1S(=O)(=O)Cl. The van der Waals surface area contributed by atoms with Crippen molar-refractivity contribution < 1.29 is 26.3 Å². The average molecular weight is 292 g/mol. The van der Waals surface area contributed by atoms with Crippen molar-refractivity contribution in [3.05, 3.63) is 22.0 Å². The highest BCUT2D eigenvalue weighted by Crippen LogP contribution is 2.22. The number of ether oxygens (including phenoxy) is 1. The van der Waals surface area contributed by atoms with Gasteiger partial charge in [-0.15, -0.1) is 13.2 Å². The first kappa shape index (κ1) is 13.8. The van der Waals surface area contributed by atoms with Crippen LogP contribution in [-0.2, 0) is 9.05 Å². The summed E-state index contributed by atoms with van der Waals surface area (Å²) in [5.74, 6) is -0.913. The summed E-state index contributed by atoms with van der Waals surface area (Å²) in [6.07, 6.45) is -4.99. The molecule has 0 bridgehead atoms. The molecule has 1 heterocycles. The highest BCUT2D eigenvalue weighted by atomic mass is 35.7. The summed E-state index contributed by atoms with van der Waals surface area (Å²) >= 11 is 0. The van der Waals surface area contributed by atoms with Crippen molar-refractivity contribution in [2.75, 3.05) is 0 Å². The molecule has 0 aliphatic carbocycles. The maximum atomic E-state index is 11.9. The summed E-state index contributed by atoms with van der Waals surface area (Å²) in [4.78, 5) is 12.4. The van der Waals surface area contributed by atoms with Gasteiger partial charge in [0.1, 0.15) is 4.90 Å². The number of alkyl halides is 3. The second kappa shape index (κ2) is 4.22. The molecule has 0 atom stereocenters. The Labute approximate surface area is 97.6 Å². The van der Waals surface area contributed by atoms with E-state index in [4.69, 9.17) is 10.7 Å².